The maximum absolute atomic E-state index is 13.9. The van der Waals surface area contributed by atoms with E-state index in [4.69, 9.17) is 14.0 Å². The van der Waals surface area contributed by atoms with Crippen LogP contribution in [-0.2, 0) is 18.8 Å². The van der Waals surface area contributed by atoms with Crippen LogP contribution in [0.5, 0.6) is 0 Å². The molecule has 0 saturated carbocycles. The number of carbonyl (C=O) groups excluding carboxylic acids is 1. The molecule has 5 aromatic rings. The summed E-state index contributed by atoms with van der Waals surface area (Å²) < 4.78 is 13.1. The fraction of sp³-hybridized carbons (Fsp3) is 0.111. The van der Waals surface area contributed by atoms with Crippen molar-refractivity contribution < 1.29 is 18.8 Å². The minimum Gasteiger partial charge on any atom is -0.466 e. The van der Waals surface area contributed by atoms with Crippen LogP contribution < -0.4 is 15.6 Å². The van der Waals surface area contributed by atoms with Gasteiger partial charge in [-0.3, -0.25) is 0 Å². The SMILES string of the molecule is COC(=O)C1([C@@H](O[Si](c2ccccc2)(c2ccccc2)c2ccccc2)c2ccccc2)CC(c2ccccc2)=NO1. The minimum atomic E-state index is -3.28. The molecule has 0 aliphatic carbocycles. The maximum Gasteiger partial charge on any atom is 0.356 e. The number of carbonyl (C=O) groups is 1. The second-order valence-electron chi connectivity index (χ2n) is 10.2. The Labute approximate surface area is 247 Å². The van der Waals surface area contributed by atoms with Crippen molar-refractivity contribution in [2.24, 2.45) is 5.16 Å². The lowest BCUT2D eigenvalue weighted by Gasteiger charge is -2.41. The van der Waals surface area contributed by atoms with Crippen molar-refractivity contribution in [1.29, 1.82) is 0 Å². The molecule has 0 spiro atoms. The van der Waals surface area contributed by atoms with Gasteiger partial charge in [0.15, 0.2) is 0 Å². The summed E-state index contributed by atoms with van der Waals surface area (Å²) in [5.41, 5.74) is 0.787. The summed E-state index contributed by atoms with van der Waals surface area (Å²) in [4.78, 5) is 20.2. The quantitative estimate of drug-likeness (QED) is 0.140. The van der Waals surface area contributed by atoms with Gasteiger partial charge in [0, 0.05) is 0 Å². The molecule has 1 unspecified atom stereocenters. The fourth-order valence-corrected chi connectivity index (χ4v) is 9.80. The topological polar surface area (TPSA) is 57.1 Å². The fourth-order valence-electron chi connectivity index (χ4n) is 5.72. The van der Waals surface area contributed by atoms with Crippen LogP contribution in [0.2, 0.25) is 0 Å². The summed E-state index contributed by atoms with van der Waals surface area (Å²) in [7, 11) is -1.90. The van der Waals surface area contributed by atoms with Gasteiger partial charge in [0.05, 0.1) is 19.2 Å². The monoisotopic (exact) mass is 569 g/mol. The molecular formula is C36H31NO4Si. The summed E-state index contributed by atoms with van der Waals surface area (Å²) in [6.45, 7) is 0. The minimum absolute atomic E-state index is 0.187. The molecular weight excluding hydrogens is 538 g/mol. The Morgan fingerprint density at radius 2 is 1.12 bits per heavy atom. The Bertz CT molecular complexity index is 1550. The van der Waals surface area contributed by atoms with Crippen LogP contribution in [0.3, 0.4) is 0 Å². The number of nitrogens with zero attached hydrogens (tertiary/aromatic N) is 1. The van der Waals surface area contributed by atoms with Crippen molar-refractivity contribution in [2.45, 2.75) is 18.1 Å². The lowest BCUT2D eigenvalue weighted by Crippen LogP contribution is -2.71. The van der Waals surface area contributed by atoms with Crippen LogP contribution in [0.15, 0.2) is 157 Å². The Morgan fingerprint density at radius 1 is 0.690 bits per heavy atom. The molecule has 0 aromatic heterocycles. The predicted octanol–water partition coefficient (Wildman–Crippen LogP) is 5.15. The molecule has 6 heteroatoms. The molecule has 0 amide bonds. The number of hydrogen-bond donors (Lipinski definition) is 0. The molecule has 5 nitrogen and oxygen atoms in total. The van der Waals surface area contributed by atoms with E-state index in [1.54, 1.807) is 0 Å². The van der Waals surface area contributed by atoms with E-state index in [0.29, 0.717) is 5.71 Å². The summed E-state index contributed by atoms with van der Waals surface area (Å²) in [5.74, 6) is -0.539. The Balaban J connectivity index is 1.59. The molecule has 2 atom stereocenters. The summed E-state index contributed by atoms with van der Waals surface area (Å²) in [6, 6.07) is 50.4. The molecule has 0 fully saturated rings. The van der Waals surface area contributed by atoms with Crippen molar-refractivity contribution in [3.05, 3.63) is 163 Å². The highest BCUT2D eigenvalue weighted by atomic mass is 28.4. The van der Waals surface area contributed by atoms with Crippen molar-refractivity contribution >= 4 is 35.6 Å². The molecule has 208 valence electrons. The van der Waals surface area contributed by atoms with Crippen molar-refractivity contribution in [3.8, 4) is 0 Å². The zero-order chi connectivity index (χ0) is 28.8. The van der Waals surface area contributed by atoms with Gasteiger partial charge in [0.2, 0.25) is 0 Å². The van der Waals surface area contributed by atoms with E-state index < -0.39 is 26.0 Å². The first kappa shape index (κ1) is 27.4. The first-order valence-corrected chi connectivity index (χ1v) is 15.9. The van der Waals surface area contributed by atoms with Crippen molar-refractivity contribution in [2.75, 3.05) is 7.11 Å². The third-order valence-electron chi connectivity index (χ3n) is 7.75. The van der Waals surface area contributed by atoms with Gasteiger partial charge in [-0.25, -0.2) is 4.79 Å². The van der Waals surface area contributed by atoms with Crippen LogP contribution in [0, 0.1) is 0 Å². The van der Waals surface area contributed by atoms with Crippen molar-refractivity contribution in [3.63, 3.8) is 0 Å². The van der Waals surface area contributed by atoms with Gasteiger partial charge in [0.25, 0.3) is 13.9 Å². The van der Waals surface area contributed by atoms with E-state index in [9.17, 15) is 4.79 Å². The molecule has 0 bridgehead atoms. The smallest absolute Gasteiger partial charge is 0.356 e. The highest BCUT2D eigenvalue weighted by Gasteiger charge is 2.59. The lowest BCUT2D eigenvalue weighted by atomic mass is 9.85. The Hall–Kier alpha value is -4.78. The molecule has 5 aromatic carbocycles. The van der Waals surface area contributed by atoms with E-state index >= 15 is 0 Å². The van der Waals surface area contributed by atoms with E-state index in [2.05, 4.69) is 41.6 Å². The van der Waals surface area contributed by atoms with E-state index in [1.807, 2.05) is 115 Å². The number of oxime groups is 1. The number of rotatable bonds is 9. The lowest BCUT2D eigenvalue weighted by molar-refractivity contribution is -0.180. The van der Waals surface area contributed by atoms with Crippen LogP contribution in [0.4, 0.5) is 0 Å². The first-order chi connectivity index (χ1) is 20.7. The number of benzene rings is 5. The Kier molecular flexibility index (Phi) is 7.82. The van der Waals surface area contributed by atoms with Gasteiger partial charge in [-0.1, -0.05) is 157 Å². The van der Waals surface area contributed by atoms with E-state index in [1.165, 1.54) is 7.11 Å². The largest absolute Gasteiger partial charge is 0.466 e. The molecule has 1 aliphatic rings. The molecule has 1 aliphatic heterocycles. The number of esters is 1. The maximum atomic E-state index is 13.9. The summed E-state index contributed by atoms with van der Waals surface area (Å²) in [6.07, 6.45) is -0.671. The Morgan fingerprint density at radius 3 is 1.57 bits per heavy atom. The second-order valence-corrected chi connectivity index (χ2v) is 13.6. The first-order valence-electron chi connectivity index (χ1n) is 14.0. The number of methoxy groups -OCH3 is 1. The molecule has 42 heavy (non-hydrogen) atoms. The highest BCUT2D eigenvalue weighted by Crippen LogP contribution is 2.43. The number of ether oxygens (including phenoxy) is 1. The van der Waals surface area contributed by atoms with Gasteiger partial charge >= 0.3 is 5.97 Å². The molecule has 6 rings (SSSR count). The van der Waals surface area contributed by atoms with Gasteiger partial charge in [-0.2, -0.15) is 0 Å². The van der Waals surface area contributed by atoms with Gasteiger partial charge < -0.3 is 14.0 Å². The average molecular weight is 570 g/mol. The zero-order valence-electron chi connectivity index (χ0n) is 23.3. The zero-order valence-corrected chi connectivity index (χ0v) is 24.3. The highest BCUT2D eigenvalue weighted by molar-refractivity contribution is 7.07. The van der Waals surface area contributed by atoms with Gasteiger partial charge in [-0.05, 0) is 26.7 Å². The molecule has 0 N–H and O–H groups in total. The molecule has 0 radical (unpaired) electrons. The third kappa shape index (κ3) is 4.96. The molecule has 0 saturated heterocycles. The summed E-state index contributed by atoms with van der Waals surface area (Å²) in [5, 5.41) is 7.61. The van der Waals surface area contributed by atoms with E-state index in [-0.39, 0.29) is 6.42 Å². The predicted molar refractivity (Wildman–Crippen MR) is 168 cm³/mol. The van der Waals surface area contributed by atoms with Crippen molar-refractivity contribution in [1.82, 2.24) is 0 Å². The summed E-state index contributed by atoms with van der Waals surface area (Å²) >= 11 is 0. The van der Waals surface area contributed by atoms with Gasteiger partial charge in [-0.15, -0.1) is 0 Å². The standard InChI is InChI=1S/C36H31NO4Si/c1-39-35(38)36(27-33(37-41-36)28-17-7-2-8-18-28)34(29-19-9-3-10-20-29)40-42(30-21-11-4-12-22-30,31-23-13-5-14-24-31)32-25-15-6-16-26-32/h2-26,34H,27H2,1H3/t34-,36?/m0/s1. The third-order valence-corrected chi connectivity index (χ3v) is 11.8. The van der Waals surface area contributed by atoms with Crippen LogP contribution in [-0.4, -0.2) is 32.7 Å². The van der Waals surface area contributed by atoms with Crippen LogP contribution in [0.25, 0.3) is 0 Å². The second kappa shape index (κ2) is 12.0. The average Bonchev–Trinajstić information content (AvgIpc) is 3.53. The molecule has 1 heterocycles. The van der Waals surface area contributed by atoms with Crippen LogP contribution >= 0.6 is 0 Å². The van der Waals surface area contributed by atoms with Gasteiger partial charge in [0.1, 0.15) is 6.10 Å². The van der Waals surface area contributed by atoms with Crippen LogP contribution in [0.1, 0.15) is 23.7 Å². The van der Waals surface area contributed by atoms with E-state index in [0.717, 1.165) is 26.7 Å². The normalized spacial score (nSPS) is 17.1. The number of hydrogen-bond acceptors (Lipinski definition) is 5.